The summed E-state index contributed by atoms with van der Waals surface area (Å²) in [5.74, 6) is 1.24. The highest BCUT2D eigenvalue weighted by Gasteiger charge is 2.24. The lowest BCUT2D eigenvalue weighted by Gasteiger charge is -2.22. The minimum Gasteiger partial charge on any atom is -0.493 e. The summed E-state index contributed by atoms with van der Waals surface area (Å²) in [7, 11) is -3.61. The van der Waals surface area contributed by atoms with E-state index in [9.17, 15) is 8.42 Å². The highest BCUT2D eigenvalue weighted by Crippen LogP contribution is 2.32. The van der Waals surface area contributed by atoms with Crippen LogP contribution in [0.5, 0.6) is 5.75 Å². The van der Waals surface area contributed by atoms with Crippen molar-refractivity contribution in [1.29, 1.82) is 0 Å². The van der Waals surface area contributed by atoms with Gasteiger partial charge in [0.05, 0.1) is 17.1 Å². The van der Waals surface area contributed by atoms with Crippen molar-refractivity contribution in [3.05, 3.63) is 24.0 Å². The first-order valence-corrected chi connectivity index (χ1v) is 10.1. The molecule has 3 rings (SSSR count). The highest BCUT2D eigenvalue weighted by atomic mass is 32.2. The Morgan fingerprint density at radius 2 is 2.04 bits per heavy atom. The zero-order valence-electron chi connectivity index (χ0n) is 14.5. The van der Waals surface area contributed by atoms with E-state index in [1.165, 1.54) is 12.5 Å². The predicted octanol–water partition coefficient (Wildman–Crippen LogP) is 3.05. The zero-order chi connectivity index (χ0) is 17.9. The molecule has 1 saturated carbocycles. The minimum absolute atomic E-state index is 0.000540. The molecule has 25 heavy (non-hydrogen) atoms. The molecule has 1 aromatic heterocycles. The smallest absolute Gasteiger partial charge is 0.261 e. The summed E-state index contributed by atoms with van der Waals surface area (Å²) >= 11 is 0. The lowest BCUT2D eigenvalue weighted by molar-refractivity contribution is 0.339. The lowest BCUT2D eigenvalue weighted by atomic mass is 9.96. The van der Waals surface area contributed by atoms with E-state index < -0.39 is 10.0 Å². The average molecular weight is 365 g/mol. The molecule has 0 aliphatic heterocycles. The number of nitrogens with zero attached hydrogens (tertiary/aromatic N) is 2. The molecule has 2 aromatic rings. The molecule has 0 spiro atoms. The molecule has 7 nitrogen and oxygen atoms in total. The van der Waals surface area contributed by atoms with Gasteiger partial charge in [0.2, 0.25) is 10.0 Å². The van der Waals surface area contributed by atoms with Gasteiger partial charge in [-0.25, -0.2) is 13.1 Å². The fraction of sp³-hybridized carbons (Fsp3) is 0.529. The fourth-order valence-electron chi connectivity index (χ4n) is 3.04. The molecule has 0 amide bonds. The van der Waals surface area contributed by atoms with Gasteiger partial charge < -0.3 is 9.26 Å². The van der Waals surface area contributed by atoms with Gasteiger partial charge in [0, 0.05) is 6.04 Å². The van der Waals surface area contributed by atoms with E-state index in [2.05, 4.69) is 14.9 Å². The van der Waals surface area contributed by atoms with Crippen LogP contribution in [-0.2, 0) is 10.0 Å². The van der Waals surface area contributed by atoms with Crippen molar-refractivity contribution in [3.8, 4) is 17.2 Å². The summed E-state index contributed by atoms with van der Waals surface area (Å²) in [6.45, 7) is 4.02. The molecule has 0 bridgehead atoms. The maximum atomic E-state index is 12.7. The summed E-state index contributed by atoms with van der Waals surface area (Å²) < 4.78 is 39.1. The quantitative estimate of drug-likeness (QED) is 0.845. The number of hydrogen-bond donors (Lipinski definition) is 1. The summed E-state index contributed by atoms with van der Waals surface area (Å²) in [4.78, 5) is 4.36. The van der Waals surface area contributed by atoms with Gasteiger partial charge in [-0.2, -0.15) is 4.98 Å². The van der Waals surface area contributed by atoms with Crippen LogP contribution in [0.3, 0.4) is 0 Å². The zero-order valence-corrected chi connectivity index (χ0v) is 15.3. The first-order chi connectivity index (χ1) is 12.0. The van der Waals surface area contributed by atoms with Crippen LogP contribution in [0.4, 0.5) is 0 Å². The Kier molecular flexibility index (Phi) is 5.39. The number of rotatable bonds is 6. The van der Waals surface area contributed by atoms with Crippen molar-refractivity contribution in [3.63, 3.8) is 0 Å². The van der Waals surface area contributed by atoms with E-state index in [0.717, 1.165) is 25.7 Å². The molecular weight excluding hydrogens is 342 g/mol. The van der Waals surface area contributed by atoms with Crippen LogP contribution >= 0.6 is 0 Å². The van der Waals surface area contributed by atoms with Crippen molar-refractivity contribution < 1.29 is 17.7 Å². The molecule has 1 aromatic carbocycles. The molecule has 1 fully saturated rings. The number of aromatic nitrogens is 2. The number of aryl methyl sites for hydroxylation is 1. The van der Waals surface area contributed by atoms with Crippen LogP contribution in [0.15, 0.2) is 27.6 Å². The number of ether oxygens (including phenoxy) is 1. The molecule has 136 valence electrons. The summed E-state index contributed by atoms with van der Waals surface area (Å²) in [6.07, 6.45) is 5.05. The van der Waals surface area contributed by atoms with Crippen molar-refractivity contribution in [2.75, 3.05) is 6.61 Å². The first-order valence-electron chi connectivity index (χ1n) is 8.59. The van der Waals surface area contributed by atoms with Crippen molar-refractivity contribution in [1.82, 2.24) is 14.9 Å². The van der Waals surface area contributed by atoms with E-state index in [1.807, 2.05) is 6.92 Å². The molecule has 1 N–H and O–H groups in total. The van der Waals surface area contributed by atoms with Gasteiger partial charge in [-0.1, -0.05) is 24.4 Å². The van der Waals surface area contributed by atoms with Gasteiger partial charge in [0.1, 0.15) is 5.75 Å². The van der Waals surface area contributed by atoms with E-state index in [1.54, 1.807) is 19.1 Å². The molecular formula is C17H23N3O4S. The molecule has 0 radical (unpaired) electrons. The van der Waals surface area contributed by atoms with Gasteiger partial charge in [-0.3, -0.25) is 0 Å². The van der Waals surface area contributed by atoms with Crippen molar-refractivity contribution in [2.45, 2.75) is 56.9 Å². The fourth-order valence-corrected chi connectivity index (χ4v) is 4.37. The van der Waals surface area contributed by atoms with E-state index >= 15 is 0 Å². The number of sulfonamides is 1. The summed E-state index contributed by atoms with van der Waals surface area (Å²) in [5, 5.41) is 3.77. The summed E-state index contributed by atoms with van der Waals surface area (Å²) in [5.41, 5.74) is 0.481. The van der Waals surface area contributed by atoms with Gasteiger partial charge in [0.15, 0.2) is 5.82 Å². The van der Waals surface area contributed by atoms with Gasteiger partial charge in [-0.05, 0) is 44.9 Å². The van der Waals surface area contributed by atoms with Crippen molar-refractivity contribution >= 4 is 10.0 Å². The molecule has 1 aliphatic rings. The minimum atomic E-state index is -3.61. The highest BCUT2D eigenvalue weighted by molar-refractivity contribution is 7.89. The van der Waals surface area contributed by atoms with Crippen LogP contribution < -0.4 is 9.46 Å². The second kappa shape index (κ2) is 7.53. The van der Waals surface area contributed by atoms with Crippen LogP contribution in [0.1, 0.15) is 44.9 Å². The second-order valence-electron chi connectivity index (χ2n) is 6.19. The average Bonchev–Trinajstić information content (AvgIpc) is 3.02. The van der Waals surface area contributed by atoms with Gasteiger partial charge >= 0.3 is 0 Å². The van der Waals surface area contributed by atoms with Crippen LogP contribution in [0, 0.1) is 6.92 Å². The van der Waals surface area contributed by atoms with Crippen LogP contribution in [0.2, 0.25) is 0 Å². The maximum Gasteiger partial charge on any atom is 0.261 e. The molecule has 0 saturated heterocycles. The Balaban J connectivity index is 1.93. The Labute approximate surface area is 147 Å². The third kappa shape index (κ3) is 4.19. The summed E-state index contributed by atoms with van der Waals surface area (Å²) in [6, 6.07) is 4.71. The van der Waals surface area contributed by atoms with Crippen LogP contribution in [-0.4, -0.2) is 31.2 Å². The van der Waals surface area contributed by atoms with Crippen molar-refractivity contribution in [2.24, 2.45) is 0 Å². The Morgan fingerprint density at radius 3 is 2.68 bits per heavy atom. The second-order valence-corrected chi connectivity index (χ2v) is 7.91. The normalized spacial score (nSPS) is 16.1. The predicted molar refractivity (Wildman–Crippen MR) is 92.8 cm³/mol. The third-order valence-electron chi connectivity index (χ3n) is 4.25. The first kappa shape index (κ1) is 17.9. The molecule has 0 unspecified atom stereocenters. The lowest BCUT2D eigenvalue weighted by Crippen LogP contribution is -2.36. The third-order valence-corrected chi connectivity index (χ3v) is 5.76. The Hall–Kier alpha value is -1.93. The molecule has 0 atom stereocenters. The Morgan fingerprint density at radius 1 is 1.28 bits per heavy atom. The maximum absolute atomic E-state index is 12.7. The number of nitrogens with one attached hydrogen (secondary N) is 1. The standard InChI is InChI=1S/C17H23N3O4S/c1-3-23-16-10-9-14(11-15(16)17-18-12(2)19-24-17)25(21,22)20-13-7-5-4-6-8-13/h9-11,13,20H,3-8H2,1-2H3. The van der Waals surface area contributed by atoms with Gasteiger partial charge in [0.25, 0.3) is 5.89 Å². The number of hydrogen-bond acceptors (Lipinski definition) is 6. The Bertz CT molecular complexity index is 826. The molecule has 1 aliphatic carbocycles. The van der Waals surface area contributed by atoms with E-state index in [-0.39, 0.29) is 16.8 Å². The number of benzene rings is 1. The monoisotopic (exact) mass is 365 g/mol. The largest absolute Gasteiger partial charge is 0.493 e. The van der Waals surface area contributed by atoms with Crippen LogP contribution in [0.25, 0.3) is 11.5 Å². The SMILES string of the molecule is CCOc1ccc(S(=O)(=O)NC2CCCCC2)cc1-c1nc(C)no1. The molecule has 1 heterocycles. The van der Waals surface area contributed by atoms with E-state index in [4.69, 9.17) is 9.26 Å². The molecule has 8 heteroatoms. The topological polar surface area (TPSA) is 94.3 Å². The van der Waals surface area contributed by atoms with Gasteiger partial charge in [-0.15, -0.1) is 0 Å². The van der Waals surface area contributed by atoms with E-state index in [0.29, 0.717) is 23.7 Å².